The van der Waals surface area contributed by atoms with Gasteiger partial charge in [-0.3, -0.25) is 4.79 Å². The van der Waals surface area contributed by atoms with Gasteiger partial charge in [0.15, 0.2) is 0 Å². The predicted octanol–water partition coefficient (Wildman–Crippen LogP) is -0.173. The molecule has 3 heteroatoms. The third kappa shape index (κ3) is 1.70. The Kier molecular flexibility index (Phi) is 2.68. The van der Waals surface area contributed by atoms with Crippen molar-refractivity contribution in [3.63, 3.8) is 0 Å². The summed E-state index contributed by atoms with van der Waals surface area (Å²) in [5.41, 5.74) is 0. The number of carbonyl (C=O) groups excluding carboxylic acids is 1. The Bertz CT molecular complexity index is 116. The van der Waals surface area contributed by atoms with Crippen molar-refractivity contribution in [2.75, 3.05) is 19.6 Å². The van der Waals surface area contributed by atoms with Crippen LogP contribution in [0.4, 0.5) is 0 Å². The van der Waals surface area contributed by atoms with E-state index in [1.807, 2.05) is 0 Å². The first-order chi connectivity index (χ1) is 4.86. The Labute approximate surface area is 61.4 Å². The van der Waals surface area contributed by atoms with Gasteiger partial charge in [-0.25, -0.2) is 0 Å². The molecule has 0 aromatic heterocycles. The smallest absolute Gasteiger partial charge is 0.207 e. The molecule has 0 spiro atoms. The van der Waals surface area contributed by atoms with E-state index in [1.54, 1.807) is 0 Å². The standard InChI is InChI=1S/C7H14N2O/c1-2-9-4-3-7(5-9)8-6-10/h6-7H,2-5H2,1H3,(H,8,10). The van der Waals surface area contributed by atoms with Gasteiger partial charge in [-0.15, -0.1) is 0 Å². The number of likely N-dealkylation sites (tertiary alicyclic amines) is 1. The average Bonchev–Trinajstić information content (AvgIpc) is 2.37. The van der Waals surface area contributed by atoms with Gasteiger partial charge in [0, 0.05) is 19.1 Å². The quantitative estimate of drug-likeness (QED) is 0.555. The van der Waals surface area contributed by atoms with Gasteiger partial charge >= 0.3 is 0 Å². The van der Waals surface area contributed by atoms with E-state index in [-0.39, 0.29) is 0 Å². The number of nitrogens with zero attached hydrogens (tertiary/aromatic N) is 1. The van der Waals surface area contributed by atoms with Crippen LogP contribution in [0, 0.1) is 0 Å². The molecule has 3 nitrogen and oxygen atoms in total. The summed E-state index contributed by atoms with van der Waals surface area (Å²) in [5, 5.41) is 2.79. The van der Waals surface area contributed by atoms with E-state index in [0.717, 1.165) is 32.5 Å². The number of carbonyl (C=O) groups is 1. The molecule has 0 saturated carbocycles. The summed E-state index contributed by atoms with van der Waals surface area (Å²) in [4.78, 5) is 12.4. The molecule has 1 fully saturated rings. The largest absolute Gasteiger partial charge is 0.355 e. The molecule has 1 amide bonds. The molecular formula is C7H14N2O. The van der Waals surface area contributed by atoms with Crippen molar-refractivity contribution in [3.8, 4) is 0 Å². The Morgan fingerprint density at radius 1 is 1.80 bits per heavy atom. The maximum absolute atomic E-state index is 10.0. The Morgan fingerprint density at radius 3 is 3.10 bits per heavy atom. The molecule has 1 heterocycles. The minimum atomic E-state index is 0.400. The zero-order valence-electron chi connectivity index (χ0n) is 6.34. The SMILES string of the molecule is CCN1CCC(NC=O)C1. The molecule has 1 atom stereocenters. The molecule has 1 aliphatic heterocycles. The third-order valence-corrected chi connectivity index (χ3v) is 2.02. The summed E-state index contributed by atoms with van der Waals surface area (Å²) < 4.78 is 0. The fraction of sp³-hybridized carbons (Fsp3) is 0.857. The second kappa shape index (κ2) is 3.56. The topological polar surface area (TPSA) is 32.3 Å². The summed E-state index contributed by atoms with van der Waals surface area (Å²) >= 11 is 0. The van der Waals surface area contributed by atoms with Crippen LogP contribution in [0.1, 0.15) is 13.3 Å². The monoisotopic (exact) mass is 142 g/mol. The molecule has 1 aliphatic rings. The number of rotatable bonds is 3. The zero-order chi connectivity index (χ0) is 7.40. The summed E-state index contributed by atoms with van der Waals surface area (Å²) in [5.74, 6) is 0. The van der Waals surface area contributed by atoms with E-state index < -0.39 is 0 Å². The molecule has 10 heavy (non-hydrogen) atoms. The van der Waals surface area contributed by atoms with Gasteiger partial charge in [0.1, 0.15) is 0 Å². The highest BCUT2D eigenvalue weighted by Gasteiger charge is 2.19. The first-order valence-electron chi connectivity index (χ1n) is 3.79. The van der Waals surface area contributed by atoms with Crippen LogP contribution in [0.25, 0.3) is 0 Å². The Balaban J connectivity index is 2.21. The molecule has 0 radical (unpaired) electrons. The van der Waals surface area contributed by atoms with E-state index in [0.29, 0.717) is 6.04 Å². The highest BCUT2D eigenvalue weighted by atomic mass is 16.1. The van der Waals surface area contributed by atoms with Crippen molar-refractivity contribution in [1.82, 2.24) is 10.2 Å². The fourth-order valence-electron chi connectivity index (χ4n) is 1.35. The van der Waals surface area contributed by atoms with E-state index in [1.165, 1.54) is 0 Å². The van der Waals surface area contributed by atoms with Gasteiger partial charge in [-0.1, -0.05) is 6.92 Å². The summed E-state index contributed by atoms with van der Waals surface area (Å²) in [6, 6.07) is 0.400. The molecule has 58 valence electrons. The van der Waals surface area contributed by atoms with E-state index in [2.05, 4.69) is 17.1 Å². The third-order valence-electron chi connectivity index (χ3n) is 2.02. The lowest BCUT2D eigenvalue weighted by Gasteiger charge is -2.11. The van der Waals surface area contributed by atoms with Crippen molar-refractivity contribution in [2.45, 2.75) is 19.4 Å². The van der Waals surface area contributed by atoms with Crippen molar-refractivity contribution in [2.24, 2.45) is 0 Å². The van der Waals surface area contributed by atoms with Gasteiger partial charge < -0.3 is 10.2 Å². The summed E-state index contributed by atoms with van der Waals surface area (Å²) in [7, 11) is 0. The first kappa shape index (κ1) is 7.54. The molecule has 1 rings (SSSR count). The van der Waals surface area contributed by atoms with Gasteiger partial charge in [0.25, 0.3) is 0 Å². The van der Waals surface area contributed by atoms with Crippen LogP contribution >= 0.6 is 0 Å². The van der Waals surface area contributed by atoms with Gasteiger partial charge in [-0.05, 0) is 13.0 Å². The van der Waals surface area contributed by atoms with Crippen LogP contribution < -0.4 is 5.32 Å². The fourth-order valence-corrected chi connectivity index (χ4v) is 1.35. The van der Waals surface area contributed by atoms with Crippen molar-refractivity contribution >= 4 is 6.41 Å². The van der Waals surface area contributed by atoms with Crippen molar-refractivity contribution in [3.05, 3.63) is 0 Å². The molecule has 1 N–H and O–H groups in total. The van der Waals surface area contributed by atoms with Crippen LogP contribution in [0.5, 0.6) is 0 Å². The minimum absolute atomic E-state index is 0.400. The number of hydrogen-bond acceptors (Lipinski definition) is 2. The van der Waals surface area contributed by atoms with Crippen molar-refractivity contribution in [1.29, 1.82) is 0 Å². The van der Waals surface area contributed by atoms with E-state index in [4.69, 9.17) is 0 Å². The molecule has 1 saturated heterocycles. The lowest BCUT2D eigenvalue weighted by Crippen LogP contribution is -2.31. The summed E-state index contributed by atoms with van der Waals surface area (Å²) in [6.07, 6.45) is 1.90. The van der Waals surface area contributed by atoms with Gasteiger partial charge in [0.05, 0.1) is 0 Å². The maximum atomic E-state index is 10.0. The second-order valence-electron chi connectivity index (χ2n) is 2.66. The maximum Gasteiger partial charge on any atom is 0.207 e. The lowest BCUT2D eigenvalue weighted by atomic mass is 10.3. The normalized spacial score (nSPS) is 26.7. The minimum Gasteiger partial charge on any atom is -0.355 e. The second-order valence-corrected chi connectivity index (χ2v) is 2.66. The summed E-state index contributed by atoms with van der Waals surface area (Å²) in [6.45, 7) is 5.39. The van der Waals surface area contributed by atoms with E-state index >= 15 is 0 Å². The van der Waals surface area contributed by atoms with Crippen molar-refractivity contribution < 1.29 is 4.79 Å². The highest BCUT2D eigenvalue weighted by molar-refractivity contribution is 5.46. The molecule has 0 bridgehead atoms. The molecule has 1 unspecified atom stereocenters. The number of amides is 1. The molecule has 0 aromatic rings. The van der Waals surface area contributed by atoms with Crippen LogP contribution in [-0.4, -0.2) is 37.0 Å². The van der Waals surface area contributed by atoms with Gasteiger partial charge in [0.2, 0.25) is 6.41 Å². The number of nitrogens with one attached hydrogen (secondary N) is 1. The first-order valence-corrected chi connectivity index (χ1v) is 3.79. The molecule has 0 aromatic carbocycles. The molecular weight excluding hydrogens is 128 g/mol. The number of hydrogen-bond donors (Lipinski definition) is 1. The van der Waals surface area contributed by atoms with Crippen LogP contribution in [-0.2, 0) is 4.79 Å². The molecule has 0 aliphatic carbocycles. The van der Waals surface area contributed by atoms with Crippen LogP contribution in [0.15, 0.2) is 0 Å². The Morgan fingerprint density at radius 2 is 2.60 bits per heavy atom. The van der Waals surface area contributed by atoms with Crippen LogP contribution in [0.2, 0.25) is 0 Å². The predicted molar refractivity (Wildman–Crippen MR) is 39.7 cm³/mol. The number of likely N-dealkylation sites (N-methyl/N-ethyl adjacent to an activating group) is 1. The highest BCUT2D eigenvalue weighted by Crippen LogP contribution is 2.06. The van der Waals surface area contributed by atoms with E-state index in [9.17, 15) is 4.79 Å². The van der Waals surface area contributed by atoms with Crippen LogP contribution in [0.3, 0.4) is 0 Å². The Hall–Kier alpha value is -0.570. The van der Waals surface area contributed by atoms with Gasteiger partial charge in [-0.2, -0.15) is 0 Å². The lowest BCUT2D eigenvalue weighted by molar-refractivity contribution is -0.110. The average molecular weight is 142 g/mol. The zero-order valence-corrected chi connectivity index (χ0v) is 6.34.